The summed E-state index contributed by atoms with van der Waals surface area (Å²) in [6.07, 6.45) is 5.74. The molecule has 0 bridgehead atoms. The number of benzene rings is 1. The van der Waals surface area contributed by atoms with Crippen LogP contribution < -0.4 is 0 Å². The smallest absolute Gasteiger partial charge is 0.331 e. The largest absolute Gasteiger partial charge is 0.467 e. The molecule has 0 N–H and O–H groups in total. The van der Waals surface area contributed by atoms with Crippen molar-refractivity contribution in [3.63, 3.8) is 0 Å². The molecule has 1 atom stereocenters. The van der Waals surface area contributed by atoms with Gasteiger partial charge in [0.05, 0.1) is 7.11 Å². The van der Waals surface area contributed by atoms with Crippen LogP contribution in [0.15, 0.2) is 30.3 Å². The first kappa shape index (κ1) is 22.1. The molecule has 1 heterocycles. The Kier molecular flexibility index (Phi) is 9.69. The van der Waals surface area contributed by atoms with Gasteiger partial charge in [-0.05, 0) is 37.7 Å². The summed E-state index contributed by atoms with van der Waals surface area (Å²) in [5.74, 6) is 0.0223. The van der Waals surface area contributed by atoms with Crippen LogP contribution in [0.25, 0.3) is 0 Å². The van der Waals surface area contributed by atoms with Gasteiger partial charge in [0.2, 0.25) is 5.91 Å². The highest BCUT2D eigenvalue weighted by atomic mass is 16.6. The van der Waals surface area contributed by atoms with Crippen LogP contribution in [-0.2, 0) is 30.3 Å². The highest BCUT2D eigenvalue weighted by molar-refractivity contribution is 5.81. The van der Waals surface area contributed by atoms with Gasteiger partial charge in [-0.1, -0.05) is 30.3 Å². The van der Waals surface area contributed by atoms with E-state index in [2.05, 4.69) is 4.74 Å². The number of ketones is 1. The Balaban J connectivity index is 1.71. The van der Waals surface area contributed by atoms with Gasteiger partial charge in [0.1, 0.15) is 12.4 Å². The first-order valence-electron chi connectivity index (χ1n) is 10.1. The Morgan fingerprint density at radius 1 is 1.18 bits per heavy atom. The van der Waals surface area contributed by atoms with Crippen molar-refractivity contribution < 1.29 is 23.9 Å². The van der Waals surface area contributed by atoms with Crippen molar-refractivity contribution in [3.05, 3.63) is 35.9 Å². The zero-order chi connectivity index (χ0) is 20.2. The zero-order valence-electron chi connectivity index (χ0n) is 16.7. The van der Waals surface area contributed by atoms with E-state index < -0.39 is 0 Å². The molecular weight excluding hydrogens is 358 g/mol. The van der Waals surface area contributed by atoms with Crippen LogP contribution in [0.3, 0.4) is 0 Å². The number of hydrogen-bond donors (Lipinski definition) is 0. The fourth-order valence-electron chi connectivity index (χ4n) is 3.54. The zero-order valence-corrected chi connectivity index (χ0v) is 16.7. The molecule has 0 spiro atoms. The maximum absolute atomic E-state index is 12.3. The molecule has 0 aromatic heterocycles. The van der Waals surface area contributed by atoms with Gasteiger partial charge >= 0.3 is 5.97 Å². The summed E-state index contributed by atoms with van der Waals surface area (Å²) in [4.78, 5) is 37.6. The Morgan fingerprint density at radius 2 is 1.96 bits per heavy atom. The van der Waals surface area contributed by atoms with Crippen molar-refractivity contribution in [3.8, 4) is 0 Å². The SMILES string of the molecule is COC(=O)COCCCCN1C(=O)CCCC1CCC(=O)Cc1ccccc1. The van der Waals surface area contributed by atoms with E-state index in [1.54, 1.807) is 0 Å². The third kappa shape index (κ3) is 7.80. The van der Waals surface area contributed by atoms with Gasteiger partial charge in [-0.3, -0.25) is 9.59 Å². The third-order valence-electron chi connectivity index (χ3n) is 5.07. The normalized spacial score (nSPS) is 16.8. The minimum absolute atomic E-state index is 0.0364. The van der Waals surface area contributed by atoms with Crippen molar-refractivity contribution in [1.82, 2.24) is 4.90 Å². The number of amides is 1. The van der Waals surface area contributed by atoms with E-state index in [0.717, 1.165) is 37.7 Å². The molecular formula is C22H31NO5. The second-order valence-corrected chi connectivity index (χ2v) is 7.21. The molecule has 0 radical (unpaired) electrons. The molecule has 6 nitrogen and oxygen atoms in total. The highest BCUT2D eigenvalue weighted by Gasteiger charge is 2.27. The number of rotatable bonds is 12. The number of nitrogens with zero attached hydrogens (tertiary/aromatic N) is 1. The molecule has 154 valence electrons. The topological polar surface area (TPSA) is 72.9 Å². The van der Waals surface area contributed by atoms with Crippen molar-refractivity contribution in [2.24, 2.45) is 0 Å². The number of Topliss-reactive ketones (excluding diaryl/α,β-unsaturated/α-hetero) is 1. The maximum atomic E-state index is 12.3. The molecule has 1 aliphatic heterocycles. The van der Waals surface area contributed by atoms with Crippen LogP contribution in [-0.4, -0.2) is 55.5 Å². The van der Waals surface area contributed by atoms with Gasteiger partial charge in [0, 0.05) is 38.5 Å². The van der Waals surface area contributed by atoms with Gasteiger partial charge in [0.25, 0.3) is 0 Å². The minimum atomic E-state index is -0.383. The monoisotopic (exact) mass is 389 g/mol. The lowest BCUT2D eigenvalue weighted by Gasteiger charge is -2.36. The number of carbonyl (C=O) groups is 3. The van der Waals surface area contributed by atoms with Crippen LogP contribution in [0.1, 0.15) is 50.5 Å². The van der Waals surface area contributed by atoms with Gasteiger partial charge in [-0.15, -0.1) is 0 Å². The lowest BCUT2D eigenvalue weighted by Crippen LogP contribution is -2.44. The van der Waals surface area contributed by atoms with Gasteiger partial charge < -0.3 is 14.4 Å². The third-order valence-corrected chi connectivity index (χ3v) is 5.07. The van der Waals surface area contributed by atoms with E-state index in [9.17, 15) is 14.4 Å². The van der Waals surface area contributed by atoms with Gasteiger partial charge in [-0.25, -0.2) is 4.79 Å². The number of ether oxygens (including phenoxy) is 2. The van der Waals surface area contributed by atoms with E-state index in [1.165, 1.54) is 7.11 Å². The van der Waals surface area contributed by atoms with E-state index in [0.29, 0.717) is 32.4 Å². The molecule has 1 unspecified atom stereocenters. The number of unbranched alkanes of at least 4 members (excludes halogenated alkanes) is 1. The van der Waals surface area contributed by atoms with Gasteiger partial charge in [0.15, 0.2) is 0 Å². The summed E-state index contributed by atoms with van der Waals surface area (Å²) in [6.45, 7) is 1.11. The maximum Gasteiger partial charge on any atom is 0.331 e. The first-order chi connectivity index (χ1) is 13.6. The summed E-state index contributed by atoms with van der Waals surface area (Å²) in [6, 6.07) is 9.92. The average Bonchev–Trinajstić information content (AvgIpc) is 2.70. The molecule has 2 rings (SSSR count). The first-order valence-corrected chi connectivity index (χ1v) is 10.1. The molecule has 0 aliphatic carbocycles. The number of methoxy groups -OCH3 is 1. The Bertz CT molecular complexity index is 631. The molecule has 1 amide bonds. The van der Waals surface area contributed by atoms with Crippen molar-refractivity contribution in [2.45, 2.75) is 57.4 Å². The second-order valence-electron chi connectivity index (χ2n) is 7.21. The number of hydrogen-bond acceptors (Lipinski definition) is 5. The summed E-state index contributed by atoms with van der Waals surface area (Å²) in [7, 11) is 1.33. The van der Waals surface area contributed by atoms with Crippen LogP contribution >= 0.6 is 0 Å². The lowest BCUT2D eigenvalue weighted by molar-refractivity contribution is -0.145. The molecule has 28 heavy (non-hydrogen) atoms. The van der Waals surface area contributed by atoms with E-state index >= 15 is 0 Å². The highest BCUT2D eigenvalue weighted by Crippen LogP contribution is 2.23. The second kappa shape index (κ2) is 12.3. The number of esters is 1. The summed E-state index contributed by atoms with van der Waals surface area (Å²) in [5, 5.41) is 0. The Labute approximate surface area is 167 Å². The fraction of sp³-hybridized carbons (Fsp3) is 0.591. The molecule has 1 saturated heterocycles. The number of likely N-dealkylation sites (tertiary alicyclic amines) is 1. The predicted octanol–water partition coefficient (Wildman–Crippen LogP) is 2.93. The summed E-state index contributed by atoms with van der Waals surface area (Å²) < 4.78 is 9.76. The molecule has 6 heteroatoms. The Morgan fingerprint density at radius 3 is 2.71 bits per heavy atom. The molecule has 0 saturated carbocycles. The van der Waals surface area contributed by atoms with Crippen LogP contribution in [0.2, 0.25) is 0 Å². The molecule has 1 aromatic carbocycles. The molecule has 1 aliphatic rings. The van der Waals surface area contributed by atoms with Crippen LogP contribution in [0.4, 0.5) is 0 Å². The van der Waals surface area contributed by atoms with Crippen molar-refractivity contribution in [2.75, 3.05) is 26.9 Å². The number of carbonyl (C=O) groups excluding carboxylic acids is 3. The van der Waals surface area contributed by atoms with Crippen molar-refractivity contribution in [1.29, 1.82) is 0 Å². The van der Waals surface area contributed by atoms with Crippen molar-refractivity contribution >= 4 is 17.7 Å². The van der Waals surface area contributed by atoms with Gasteiger partial charge in [-0.2, -0.15) is 0 Å². The average molecular weight is 389 g/mol. The Hall–Kier alpha value is -2.21. The summed E-state index contributed by atoms with van der Waals surface area (Å²) >= 11 is 0. The fourth-order valence-corrected chi connectivity index (χ4v) is 3.54. The quantitative estimate of drug-likeness (QED) is 0.406. The van der Waals surface area contributed by atoms with E-state index in [4.69, 9.17) is 4.74 Å². The van der Waals surface area contributed by atoms with Crippen LogP contribution in [0.5, 0.6) is 0 Å². The molecule has 1 aromatic rings. The standard InChI is InChI=1S/C22H31NO5/c1-27-22(26)17-28-15-6-5-14-23-19(10-7-11-21(23)25)12-13-20(24)16-18-8-3-2-4-9-18/h2-4,8-9,19H,5-7,10-17H2,1H3. The van der Waals surface area contributed by atoms with Crippen LogP contribution in [0, 0.1) is 0 Å². The molecule has 1 fully saturated rings. The summed E-state index contributed by atoms with van der Waals surface area (Å²) in [5.41, 5.74) is 1.04. The number of piperidine rings is 1. The van der Waals surface area contributed by atoms with E-state index in [-0.39, 0.29) is 30.3 Å². The van der Waals surface area contributed by atoms with E-state index in [1.807, 2.05) is 35.2 Å². The predicted molar refractivity (Wildman–Crippen MR) is 106 cm³/mol. The lowest BCUT2D eigenvalue weighted by atomic mass is 9.95. The minimum Gasteiger partial charge on any atom is -0.467 e.